The van der Waals surface area contributed by atoms with Crippen molar-refractivity contribution in [3.05, 3.63) is 0 Å². The fraction of sp³-hybridized carbons (Fsp3) is 1.00. The van der Waals surface area contributed by atoms with Gasteiger partial charge in [-0.25, -0.2) is 10.0 Å². The largest absolute Gasteiger partial charge is 0.312 e. The van der Waals surface area contributed by atoms with E-state index in [0.29, 0.717) is 12.1 Å². The molecule has 0 amide bonds. The Labute approximate surface area is 104 Å². The van der Waals surface area contributed by atoms with Gasteiger partial charge in [-0.15, -0.1) is 0 Å². The lowest BCUT2D eigenvalue weighted by Gasteiger charge is -2.42. The molecule has 0 aliphatic heterocycles. The van der Waals surface area contributed by atoms with Crippen molar-refractivity contribution < 1.29 is 0 Å². The van der Waals surface area contributed by atoms with Gasteiger partial charge in [-0.1, -0.05) is 13.8 Å². The van der Waals surface area contributed by atoms with Gasteiger partial charge in [-0.05, 0) is 62.5 Å². The molecule has 0 aromatic heterocycles. The Hall–Kier alpha value is 0.310. The lowest BCUT2D eigenvalue weighted by Crippen LogP contribution is -2.40. The number of hydrogen-bond acceptors (Lipinski definition) is 1. The van der Waals surface area contributed by atoms with Crippen LogP contribution < -0.4 is 5.32 Å². The van der Waals surface area contributed by atoms with Crippen LogP contribution in [0.4, 0.5) is 0 Å². The van der Waals surface area contributed by atoms with Crippen LogP contribution in [0.15, 0.2) is 0 Å². The van der Waals surface area contributed by atoms with Gasteiger partial charge in [0.15, 0.2) is 0 Å². The van der Waals surface area contributed by atoms with E-state index in [0.717, 1.165) is 11.2 Å². The van der Waals surface area contributed by atoms with E-state index in [9.17, 15) is 0 Å². The van der Waals surface area contributed by atoms with Crippen LogP contribution in [0.5, 0.6) is 0 Å². The molecule has 1 nitrogen and oxygen atoms in total. The molecule has 0 aromatic carbocycles. The van der Waals surface area contributed by atoms with Crippen molar-refractivity contribution in [1.29, 1.82) is 0 Å². The predicted octanol–water partition coefficient (Wildman–Crippen LogP) is 3.63. The Morgan fingerprint density at radius 1 is 0.938 bits per heavy atom. The average Bonchev–Trinajstić information content (AvgIpc) is 2.15. The van der Waals surface area contributed by atoms with Crippen LogP contribution in [0.25, 0.3) is 0 Å². The first-order chi connectivity index (χ1) is 7.30. The van der Waals surface area contributed by atoms with Crippen molar-refractivity contribution in [2.75, 3.05) is 18.8 Å². The third kappa shape index (κ3) is 4.29. The van der Waals surface area contributed by atoms with E-state index in [-0.39, 0.29) is 10.0 Å². The molecule has 1 rings (SSSR count). The predicted molar refractivity (Wildman–Crippen MR) is 78.8 cm³/mol. The maximum atomic E-state index is 3.67. The summed E-state index contributed by atoms with van der Waals surface area (Å²) >= 11 is 0. The summed E-state index contributed by atoms with van der Waals surface area (Å²) in [5, 5.41) is 4.70. The minimum Gasteiger partial charge on any atom is -0.312 e. The first kappa shape index (κ1) is 14.4. The quantitative estimate of drug-likeness (QED) is 0.797. The number of rotatable bonds is 4. The van der Waals surface area contributed by atoms with E-state index in [1.807, 2.05) is 0 Å². The molecular weight excluding hydrogens is 214 g/mol. The zero-order chi connectivity index (χ0) is 12.3. The van der Waals surface area contributed by atoms with Gasteiger partial charge >= 0.3 is 0 Å². The Morgan fingerprint density at radius 2 is 1.44 bits per heavy atom. The molecule has 0 heterocycles. The summed E-state index contributed by atoms with van der Waals surface area (Å²) in [7, 11) is -0.318. The Kier molecular flexibility index (Phi) is 5.18. The molecule has 0 bridgehead atoms. The zero-order valence-electron chi connectivity index (χ0n) is 12.0. The van der Waals surface area contributed by atoms with Crippen LogP contribution >= 0.6 is 10.0 Å². The van der Waals surface area contributed by atoms with E-state index < -0.39 is 0 Å². The second-order valence-electron chi connectivity index (χ2n) is 6.58. The van der Waals surface area contributed by atoms with Crippen LogP contribution in [0, 0.1) is 5.92 Å². The van der Waals surface area contributed by atoms with Gasteiger partial charge in [0.05, 0.1) is 0 Å². The van der Waals surface area contributed by atoms with E-state index in [1.54, 1.807) is 0 Å². The summed E-state index contributed by atoms with van der Waals surface area (Å²) in [5.41, 5.74) is 0. The van der Waals surface area contributed by atoms with Crippen LogP contribution in [0.3, 0.4) is 0 Å². The smallest absolute Gasteiger partial charge is 0.00693 e. The second-order valence-corrected chi connectivity index (χ2v) is 11.1. The summed E-state index contributed by atoms with van der Waals surface area (Å²) < 4.78 is 0. The molecule has 1 unspecified atom stereocenters. The summed E-state index contributed by atoms with van der Waals surface area (Å²) in [6.07, 6.45) is 13.3. The Bertz CT molecular complexity index is 199. The van der Waals surface area contributed by atoms with Gasteiger partial charge < -0.3 is 5.32 Å². The lowest BCUT2D eigenvalue weighted by atomic mass is 9.84. The zero-order valence-corrected chi connectivity index (χ0v) is 12.9. The SMILES string of the molecule is CC(C)NC(C)C1CCC(S(C)(C)C)CC1. The number of hydrogen-bond donors (Lipinski definition) is 1. The van der Waals surface area contributed by atoms with Crippen LogP contribution in [0.2, 0.25) is 0 Å². The highest BCUT2D eigenvalue weighted by Gasteiger charge is 2.29. The summed E-state index contributed by atoms with van der Waals surface area (Å²) in [5.74, 6) is 0.917. The van der Waals surface area contributed by atoms with Crippen molar-refractivity contribution in [3.8, 4) is 0 Å². The Morgan fingerprint density at radius 3 is 1.81 bits per heavy atom. The van der Waals surface area contributed by atoms with Gasteiger partial charge in [-0.2, -0.15) is 0 Å². The van der Waals surface area contributed by atoms with Crippen LogP contribution in [-0.4, -0.2) is 36.1 Å². The molecule has 0 aromatic rings. The van der Waals surface area contributed by atoms with Gasteiger partial charge in [0.25, 0.3) is 0 Å². The first-order valence-corrected chi connectivity index (χ1v) is 9.66. The molecular formula is C14H31NS. The molecule has 1 aliphatic rings. The maximum absolute atomic E-state index is 3.67. The lowest BCUT2D eigenvalue weighted by molar-refractivity contribution is 0.274. The van der Waals surface area contributed by atoms with Crippen LogP contribution in [0.1, 0.15) is 46.5 Å². The fourth-order valence-electron chi connectivity index (χ4n) is 2.96. The molecule has 1 saturated carbocycles. The fourth-order valence-corrected chi connectivity index (χ4v) is 4.64. The van der Waals surface area contributed by atoms with Gasteiger partial charge in [0.2, 0.25) is 0 Å². The highest BCUT2D eigenvalue weighted by molar-refractivity contribution is 8.32. The summed E-state index contributed by atoms with van der Waals surface area (Å²) in [4.78, 5) is 0. The number of nitrogens with one attached hydrogen (secondary N) is 1. The molecule has 16 heavy (non-hydrogen) atoms. The van der Waals surface area contributed by atoms with E-state index in [2.05, 4.69) is 44.9 Å². The van der Waals surface area contributed by atoms with Crippen molar-refractivity contribution in [2.24, 2.45) is 5.92 Å². The molecule has 0 spiro atoms. The molecule has 1 aliphatic carbocycles. The molecule has 1 N–H and O–H groups in total. The normalized spacial score (nSPS) is 30.4. The molecule has 0 saturated heterocycles. The highest BCUT2D eigenvalue weighted by atomic mass is 32.3. The summed E-state index contributed by atoms with van der Waals surface area (Å²) in [6.45, 7) is 6.87. The third-order valence-electron chi connectivity index (χ3n) is 4.02. The third-order valence-corrected chi connectivity index (χ3v) is 6.49. The molecule has 1 atom stereocenters. The van der Waals surface area contributed by atoms with Crippen molar-refractivity contribution in [3.63, 3.8) is 0 Å². The second kappa shape index (κ2) is 5.77. The minimum atomic E-state index is -0.318. The Balaban J connectivity index is 2.37. The van der Waals surface area contributed by atoms with E-state index in [4.69, 9.17) is 0 Å². The average molecular weight is 245 g/mol. The van der Waals surface area contributed by atoms with Crippen molar-refractivity contribution in [2.45, 2.75) is 63.8 Å². The standard InChI is InChI=1S/C14H31NS/c1-11(2)15-12(3)13-7-9-14(10-8-13)16(4,5)6/h11-15H,7-10H2,1-6H3. The first-order valence-electron chi connectivity index (χ1n) is 6.74. The molecule has 1 fully saturated rings. The highest BCUT2D eigenvalue weighted by Crippen LogP contribution is 2.48. The molecule has 0 radical (unpaired) electrons. The van der Waals surface area contributed by atoms with Crippen molar-refractivity contribution >= 4 is 10.0 Å². The molecule has 2 heteroatoms. The van der Waals surface area contributed by atoms with Crippen LogP contribution in [-0.2, 0) is 0 Å². The van der Waals surface area contributed by atoms with Gasteiger partial charge in [0.1, 0.15) is 0 Å². The van der Waals surface area contributed by atoms with Gasteiger partial charge in [-0.3, -0.25) is 0 Å². The monoisotopic (exact) mass is 245 g/mol. The van der Waals surface area contributed by atoms with E-state index in [1.165, 1.54) is 25.7 Å². The van der Waals surface area contributed by atoms with Gasteiger partial charge in [0, 0.05) is 12.1 Å². The molecule has 98 valence electrons. The summed E-state index contributed by atoms with van der Waals surface area (Å²) in [6, 6.07) is 1.33. The maximum Gasteiger partial charge on any atom is 0.00693 e. The minimum absolute atomic E-state index is 0.318. The van der Waals surface area contributed by atoms with E-state index >= 15 is 0 Å². The van der Waals surface area contributed by atoms with Crippen molar-refractivity contribution in [1.82, 2.24) is 5.32 Å². The topological polar surface area (TPSA) is 12.0 Å².